The third kappa shape index (κ3) is 8.08. The number of hydrogen-bond acceptors (Lipinski definition) is 8. The Balaban J connectivity index is 0.000000604. The summed E-state index contributed by atoms with van der Waals surface area (Å²) in [6, 6.07) is 18.7. The molecule has 0 aromatic heterocycles. The third-order valence-corrected chi connectivity index (χ3v) is 7.20. The molecule has 0 saturated carbocycles. The van der Waals surface area contributed by atoms with E-state index >= 15 is 0 Å². The molecule has 2 aromatic carbocycles. The predicted molar refractivity (Wildman–Crippen MR) is 157 cm³/mol. The second-order valence-corrected chi connectivity index (χ2v) is 11.4. The van der Waals surface area contributed by atoms with E-state index in [1.807, 2.05) is 0 Å². The minimum absolute atomic E-state index is 0.141. The van der Waals surface area contributed by atoms with Crippen LogP contribution in [0.2, 0.25) is 0 Å². The van der Waals surface area contributed by atoms with E-state index in [1.165, 1.54) is 15.5 Å². The van der Waals surface area contributed by atoms with Crippen molar-refractivity contribution >= 4 is 40.6 Å². The Hall–Kier alpha value is -1.83. The summed E-state index contributed by atoms with van der Waals surface area (Å²) in [5, 5.41) is 17.1. The fraction of sp³-hybridized carbons (Fsp3) is 0.500. The molecule has 0 radical (unpaired) electrons. The van der Waals surface area contributed by atoms with Crippen molar-refractivity contribution in [1.82, 2.24) is 9.62 Å². The fourth-order valence-corrected chi connectivity index (χ4v) is 5.48. The molecule has 1 saturated heterocycles. The van der Waals surface area contributed by atoms with Gasteiger partial charge in [-0.1, -0.05) is 0 Å². The summed E-state index contributed by atoms with van der Waals surface area (Å²) in [6.07, 6.45) is -0.278. The van der Waals surface area contributed by atoms with Gasteiger partial charge in [0.1, 0.15) is 0 Å². The summed E-state index contributed by atoms with van der Waals surface area (Å²) in [7, 11) is 16.8. The first kappa shape index (κ1) is 31.4. The molecule has 2 unspecified atom stereocenters. The number of rotatable bonds is 8. The minimum atomic E-state index is -0.375. The Morgan fingerprint density at radius 2 is 1.22 bits per heavy atom. The van der Waals surface area contributed by atoms with E-state index < -0.39 is 0 Å². The molecule has 8 nitrogen and oxygen atoms in total. The van der Waals surface area contributed by atoms with Gasteiger partial charge < -0.3 is 10.2 Å². The van der Waals surface area contributed by atoms with Gasteiger partial charge in [0.25, 0.3) is 0 Å². The first-order valence-electron chi connectivity index (χ1n) is 12.5. The third-order valence-electron chi connectivity index (χ3n) is 6.10. The van der Waals surface area contributed by atoms with Gasteiger partial charge in [0, 0.05) is 0 Å². The SMILES string of the molecule is CC(O)CC(C)O.CN(C)B1B(N(C)C)N(c2ccc(N(C)C)cc2)[C](=[Pt])N1c1[c-]cc(N(C)C)cc1. The number of hydrogen-bond donors (Lipinski definition) is 2. The second kappa shape index (κ2) is 13.8. The first-order valence-corrected chi connectivity index (χ1v) is 13.6. The Bertz CT molecular complexity index is 910. The normalized spacial score (nSPS) is 15.3. The van der Waals surface area contributed by atoms with Crippen molar-refractivity contribution in [1.29, 1.82) is 0 Å². The average Bonchev–Trinajstić information content (AvgIpc) is 3.12. The second-order valence-electron chi connectivity index (χ2n) is 10.4. The van der Waals surface area contributed by atoms with Gasteiger partial charge in [-0.15, -0.1) is 0 Å². The summed E-state index contributed by atoms with van der Waals surface area (Å²) in [6.45, 7) is 3.61. The topological polar surface area (TPSA) is 59.9 Å². The van der Waals surface area contributed by atoms with Gasteiger partial charge >= 0.3 is 194 Å². The molecule has 11 heteroatoms. The van der Waals surface area contributed by atoms with Crippen molar-refractivity contribution in [2.45, 2.75) is 32.5 Å². The van der Waals surface area contributed by atoms with Crippen LogP contribution in [0, 0.1) is 6.07 Å². The molecule has 2 N–H and O–H groups in total. The quantitative estimate of drug-likeness (QED) is 0.323. The van der Waals surface area contributed by atoms with E-state index in [9.17, 15) is 0 Å². The Labute approximate surface area is 236 Å². The molecule has 0 amide bonds. The van der Waals surface area contributed by atoms with Crippen LogP contribution in [0.1, 0.15) is 20.3 Å². The zero-order valence-corrected chi connectivity index (χ0v) is 26.2. The van der Waals surface area contributed by atoms with E-state index in [0.717, 1.165) is 11.4 Å². The monoisotopic (exact) mass is 688 g/mol. The van der Waals surface area contributed by atoms with Gasteiger partial charge in [-0.25, -0.2) is 0 Å². The van der Waals surface area contributed by atoms with Gasteiger partial charge in [-0.3, -0.25) is 0 Å². The van der Waals surface area contributed by atoms with E-state index in [0.29, 0.717) is 6.42 Å². The molecule has 1 aliphatic rings. The van der Waals surface area contributed by atoms with Crippen molar-refractivity contribution in [3.63, 3.8) is 0 Å². The van der Waals surface area contributed by atoms with Crippen LogP contribution in [0.3, 0.4) is 0 Å². The molecular formula is C26H43B2N6O2Pt-. The summed E-state index contributed by atoms with van der Waals surface area (Å²) in [5.74, 6) is 0. The molecule has 1 fully saturated rings. The van der Waals surface area contributed by atoms with Gasteiger partial charge in [0.05, 0.1) is 12.2 Å². The predicted octanol–water partition coefficient (Wildman–Crippen LogP) is 1.90. The molecule has 206 valence electrons. The standard InChI is InChI=1S/C21H31B2N6.C5H12O2.Pt/c1-24(2)18-9-13-20(14-10-18)28-17-29(23(27(7)8)22(28)26(5)6)21-15-11-19(12-16-21)25(3)4;1-4(6)3-5(2)7;/h9-15H,1-8H3;4-7H,3H2,1-2H3;/q-1;;. The number of aliphatic hydroxyl groups is 2. The zero-order chi connectivity index (χ0) is 28.0. The fourth-order valence-electron chi connectivity index (χ4n) is 4.31. The van der Waals surface area contributed by atoms with Crippen molar-refractivity contribution in [3.8, 4) is 0 Å². The van der Waals surface area contributed by atoms with Crippen molar-refractivity contribution < 1.29 is 29.6 Å². The molecule has 37 heavy (non-hydrogen) atoms. The first-order chi connectivity index (χ1) is 17.3. The van der Waals surface area contributed by atoms with Crippen LogP contribution in [0.5, 0.6) is 0 Å². The number of nitrogens with zero attached hydrogens (tertiary/aromatic N) is 6. The number of benzene rings is 2. The molecule has 1 heterocycles. The maximum absolute atomic E-state index is 8.56. The Kier molecular flexibility index (Phi) is 11.7. The van der Waals surface area contributed by atoms with Gasteiger partial charge in [0.15, 0.2) is 0 Å². The van der Waals surface area contributed by atoms with Crippen LogP contribution in [-0.2, 0) is 19.4 Å². The van der Waals surface area contributed by atoms with Crippen molar-refractivity contribution in [2.24, 2.45) is 0 Å². The summed E-state index contributed by atoms with van der Waals surface area (Å²) >= 11 is 2.46. The van der Waals surface area contributed by atoms with E-state index in [1.54, 1.807) is 13.8 Å². The Morgan fingerprint density at radius 1 is 0.757 bits per heavy atom. The van der Waals surface area contributed by atoms with Crippen LogP contribution in [-0.4, -0.2) is 106 Å². The van der Waals surface area contributed by atoms with Crippen molar-refractivity contribution in [2.75, 3.05) is 75.8 Å². The van der Waals surface area contributed by atoms with Crippen LogP contribution in [0.4, 0.5) is 22.7 Å². The molecule has 0 aliphatic carbocycles. The van der Waals surface area contributed by atoms with E-state index in [2.05, 4.69) is 153 Å². The average molecular weight is 688 g/mol. The molecule has 2 aromatic rings. The molecular weight excluding hydrogens is 645 g/mol. The van der Waals surface area contributed by atoms with Gasteiger partial charge in [0.2, 0.25) is 0 Å². The summed E-state index contributed by atoms with van der Waals surface area (Å²) in [5.41, 5.74) is 4.60. The van der Waals surface area contributed by atoms with Crippen molar-refractivity contribution in [3.05, 3.63) is 48.5 Å². The summed E-state index contributed by atoms with van der Waals surface area (Å²) in [4.78, 5) is 13.6. The van der Waals surface area contributed by atoms with Crippen LogP contribution >= 0.6 is 0 Å². The van der Waals surface area contributed by atoms with E-state index in [4.69, 9.17) is 10.2 Å². The molecule has 1 aliphatic heterocycles. The van der Waals surface area contributed by atoms with E-state index in [-0.39, 0.29) is 26.0 Å². The maximum atomic E-state index is 8.56. The van der Waals surface area contributed by atoms with Crippen LogP contribution in [0.25, 0.3) is 0 Å². The summed E-state index contributed by atoms with van der Waals surface area (Å²) < 4.78 is 1.17. The molecule has 3 rings (SSSR count). The number of aliphatic hydroxyl groups excluding tert-OH is 2. The Morgan fingerprint density at radius 3 is 1.57 bits per heavy atom. The number of anilines is 4. The molecule has 2 atom stereocenters. The van der Waals surface area contributed by atoms with Gasteiger partial charge in [-0.2, -0.15) is 0 Å². The van der Waals surface area contributed by atoms with Crippen LogP contribution in [0.15, 0.2) is 42.5 Å². The zero-order valence-electron chi connectivity index (χ0n) is 24.0. The molecule has 0 bridgehead atoms. The van der Waals surface area contributed by atoms with Crippen LogP contribution < -0.4 is 19.4 Å². The van der Waals surface area contributed by atoms with Gasteiger partial charge in [-0.05, 0) is 20.3 Å². The molecule has 0 spiro atoms.